The van der Waals surface area contributed by atoms with Gasteiger partial charge in [-0.05, 0) is 70.8 Å². The second-order valence-electron chi connectivity index (χ2n) is 10.8. The summed E-state index contributed by atoms with van der Waals surface area (Å²) in [6, 6.07) is 7.21. The first-order valence-corrected chi connectivity index (χ1v) is 14.6. The van der Waals surface area contributed by atoms with Crippen LogP contribution in [0.2, 0.25) is 0 Å². The third-order valence-electron chi connectivity index (χ3n) is 8.54. The number of aromatic amines is 1. The SMILES string of the molecule is CSc1cc(C)[nH]c(=O)c1CNC(=O)c1c(C)n([C@H](C)C2CCC(N3CC(F)C3)CC2)c2c(F)cccc12. The van der Waals surface area contributed by atoms with E-state index in [0.717, 1.165) is 42.0 Å². The molecule has 38 heavy (non-hydrogen) atoms. The summed E-state index contributed by atoms with van der Waals surface area (Å²) in [5.74, 6) is -0.327. The number of carbonyl (C=O) groups is 1. The number of hydrogen-bond donors (Lipinski definition) is 2. The molecule has 6 nitrogen and oxygen atoms in total. The number of carbonyl (C=O) groups excluding carboxylic acids is 1. The molecule has 1 amide bonds. The summed E-state index contributed by atoms with van der Waals surface area (Å²) in [6.07, 6.45) is 5.21. The van der Waals surface area contributed by atoms with Crippen molar-refractivity contribution < 1.29 is 13.6 Å². The van der Waals surface area contributed by atoms with E-state index in [-0.39, 0.29) is 29.9 Å². The first-order valence-electron chi connectivity index (χ1n) is 13.4. The number of aryl methyl sites for hydroxylation is 1. The molecule has 0 unspecified atom stereocenters. The second kappa shape index (κ2) is 10.8. The molecule has 1 aliphatic heterocycles. The van der Waals surface area contributed by atoms with Crippen molar-refractivity contribution in [3.05, 3.63) is 63.0 Å². The Kier molecular flexibility index (Phi) is 7.69. The average Bonchev–Trinajstić information content (AvgIpc) is 3.18. The molecular weight excluding hydrogens is 506 g/mol. The van der Waals surface area contributed by atoms with Gasteiger partial charge in [0.25, 0.3) is 11.5 Å². The predicted octanol–water partition coefficient (Wildman–Crippen LogP) is 5.51. The minimum Gasteiger partial charge on any atom is -0.348 e. The van der Waals surface area contributed by atoms with Gasteiger partial charge in [0, 0.05) is 59.0 Å². The third kappa shape index (κ3) is 4.91. The van der Waals surface area contributed by atoms with Crippen molar-refractivity contribution in [3.8, 4) is 0 Å². The van der Waals surface area contributed by atoms with Crippen LogP contribution in [0.5, 0.6) is 0 Å². The summed E-state index contributed by atoms with van der Waals surface area (Å²) in [5.41, 5.74) is 2.68. The molecule has 0 spiro atoms. The van der Waals surface area contributed by atoms with Gasteiger partial charge in [0.2, 0.25) is 0 Å². The summed E-state index contributed by atoms with van der Waals surface area (Å²) in [7, 11) is 0. The molecule has 2 aromatic heterocycles. The summed E-state index contributed by atoms with van der Waals surface area (Å²) in [4.78, 5) is 32.0. The molecule has 2 aliphatic rings. The molecule has 1 atom stereocenters. The number of likely N-dealkylation sites (tertiary alicyclic amines) is 1. The van der Waals surface area contributed by atoms with Crippen LogP contribution in [0.3, 0.4) is 0 Å². The first-order chi connectivity index (χ1) is 18.2. The van der Waals surface area contributed by atoms with Gasteiger partial charge in [0.05, 0.1) is 11.1 Å². The zero-order valence-corrected chi connectivity index (χ0v) is 23.3. The number of para-hydroxylation sites is 1. The number of aromatic nitrogens is 2. The lowest BCUT2D eigenvalue weighted by atomic mass is 9.80. The number of halogens is 2. The summed E-state index contributed by atoms with van der Waals surface area (Å²) in [5, 5.41) is 3.51. The van der Waals surface area contributed by atoms with Crippen molar-refractivity contribution >= 4 is 28.6 Å². The Balaban J connectivity index is 1.40. The molecule has 1 aliphatic carbocycles. The van der Waals surface area contributed by atoms with Crippen LogP contribution in [0, 0.1) is 25.6 Å². The van der Waals surface area contributed by atoms with Crippen molar-refractivity contribution in [1.29, 1.82) is 0 Å². The van der Waals surface area contributed by atoms with Crippen LogP contribution in [0.1, 0.15) is 66.0 Å². The van der Waals surface area contributed by atoms with Gasteiger partial charge in [-0.15, -0.1) is 11.8 Å². The number of nitrogens with one attached hydrogen (secondary N) is 2. The minimum atomic E-state index is -0.690. The minimum absolute atomic E-state index is 0.00486. The van der Waals surface area contributed by atoms with E-state index in [9.17, 15) is 14.0 Å². The maximum atomic E-state index is 15.3. The zero-order valence-electron chi connectivity index (χ0n) is 22.4. The summed E-state index contributed by atoms with van der Waals surface area (Å²) < 4.78 is 30.6. The maximum Gasteiger partial charge on any atom is 0.254 e. The molecule has 9 heteroatoms. The van der Waals surface area contributed by atoms with Crippen molar-refractivity contribution in [2.24, 2.45) is 5.92 Å². The fourth-order valence-electron chi connectivity index (χ4n) is 6.45. The van der Waals surface area contributed by atoms with Gasteiger partial charge in [0.1, 0.15) is 12.0 Å². The van der Waals surface area contributed by atoms with E-state index >= 15 is 4.39 Å². The number of H-pyrrole nitrogens is 1. The normalized spacial score (nSPS) is 21.4. The second-order valence-corrected chi connectivity index (χ2v) is 11.7. The fraction of sp³-hybridized carbons (Fsp3) is 0.517. The van der Waals surface area contributed by atoms with Gasteiger partial charge in [-0.3, -0.25) is 14.5 Å². The van der Waals surface area contributed by atoms with E-state index in [1.807, 2.05) is 30.7 Å². The van der Waals surface area contributed by atoms with Gasteiger partial charge in [-0.1, -0.05) is 12.1 Å². The molecule has 5 rings (SSSR count). The lowest BCUT2D eigenvalue weighted by Crippen LogP contribution is -2.54. The Labute approximate surface area is 226 Å². The molecule has 0 radical (unpaired) electrons. The first kappa shape index (κ1) is 26.9. The topological polar surface area (TPSA) is 70.1 Å². The number of alkyl halides is 1. The lowest BCUT2D eigenvalue weighted by Gasteiger charge is -2.44. The largest absolute Gasteiger partial charge is 0.348 e. The number of hydrogen-bond acceptors (Lipinski definition) is 4. The smallest absolute Gasteiger partial charge is 0.254 e. The highest BCUT2D eigenvalue weighted by atomic mass is 32.2. The van der Waals surface area contributed by atoms with Gasteiger partial charge in [-0.2, -0.15) is 0 Å². The third-order valence-corrected chi connectivity index (χ3v) is 9.34. The number of thioether (sulfide) groups is 1. The molecule has 1 aromatic carbocycles. The Hall–Kier alpha value is -2.65. The molecule has 204 valence electrons. The van der Waals surface area contributed by atoms with E-state index in [0.29, 0.717) is 47.1 Å². The van der Waals surface area contributed by atoms with E-state index in [4.69, 9.17) is 0 Å². The highest BCUT2D eigenvalue weighted by Crippen LogP contribution is 2.40. The zero-order chi connectivity index (χ0) is 27.1. The number of nitrogens with zero attached hydrogens (tertiary/aromatic N) is 2. The standard InChI is InChI=1S/C29H36F2N4O2S/c1-16-12-25(38-4)23(28(36)33-16)13-32-29(37)26-18(3)35(27-22(26)6-5-7-24(27)31)17(2)19-8-10-21(11-9-19)34-14-20(30)15-34/h5-7,12,17,19-21H,8-11,13-15H2,1-4H3,(H,32,37)(H,33,36)/t17-,19?,21?/m1/s1. The quantitative estimate of drug-likeness (QED) is 0.386. The number of amides is 1. The molecular formula is C29H36F2N4O2S. The van der Waals surface area contributed by atoms with Crippen LogP contribution in [-0.2, 0) is 6.54 Å². The molecule has 2 fully saturated rings. The molecule has 3 aromatic rings. The van der Waals surface area contributed by atoms with Crippen molar-refractivity contribution in [1.82, 2.24) is 19.8 Å². The highest BCUT2D eigenvalue weighted by molar-refractivity contribution is 7.98. The fourth-order valence-corrected chi connectivity index (χ4v) is 7.15. The number of fused-ring (bicyclic) bond motifs is 1. The van der Waals surface area contributed by atoms with Gasteiger partial charge >= 0.3 is 0 Å². The molecule has 0 bridgehead atoms. The van der Waals surface area contributed by atoms with E-state index < -0.39 is 6.17 Å². The van der Waals surface area contributed by atoms with Crippen LogP contribution in [0.15, 0.2) is 34.0 Å². The van der Waals surface area contributed by atoms with Gasteiger partial charge in [-0.25, -0.2) is 8.78 Å². The van der Waals surface area contributed by atoms with E-state index in [2.05, 4.69) is 22.1 Å². The molecule has 2 N–H and O–H groups in total. The van der Waals surface area contributed by atoms with Crippen molar-refractivity contribution in [3.63, 3.8) is 0 Å². The van der Waals surface area contributed by atoms with Crippen LogP contribution < -0.4 is 10.9 Å². The number of rotatable bonds is 7. The maximum absolute atomic E-state index is 15.3. The molecule has 3 heterocycles. The van der Waals surface area contributed by atoms with Gasteiger partial charge < -0.3 is 14.9 Å². The lowest BCUT2D eigenvalue weighted by molar-refractivity contribution is 0.00541. The monoisotopic (exact) mass is 542 g/mol. The van der Waals surface area contributed by atoms with Crippen LogP contribution in [0.4, 0.5) is 8.78 Å². The Morgan fingerprint density at radius 2 is 1.92 bits per heavy atom. The summed E-state index contributed by atoms with van der Waals surface area (Å²) in [6.45, 7) is 7.00. The molecule has 1 saturated carbocycles. The van der Waals surface area contributed by atoms with Crippen LogP contribution in [-0.4, -0.2) is 51.9 Å². The Morgan fingerprint density at radius 3 is 2.58 bits per heavy atom. The predicted molar refractivity (Wildman–Crippen MR) is 148 cm³/mol. The van der Waals surface area contributed by atoms with Crippen LogP contribution in [0.25, 0.3) is 10.9 Å². The van der Waals surface area contributed by atoms with E-state index in [1.165, 1.54) is 17.8 Å². The van der Waals surface area contributed by atoms with Crippen LogP contribution >= 0.6 is 11.8 Å². The molecule has 1 saturated heterocycles. The average molecular weight is 543 g/mol. The van der Waals surface area contributed by atoms with Crippen molar-refractivity contribution in [2.75, 3.05) is 19.3 Å². The Bertz CT molecular complexity index is 1400. The number of benzene rings is 1. The van der Waals surface area contributed by atoms with Gasteiger partial charge in [0.15, 0.2) is 0 Å². The van der Waals surface area contributed by atoms with Crippen molar-refractivity contribution in [2.45, 2.75) is 76.2 Å². The highest BCUT2D eigenvalue weighted by Gasteiger charge is 2.36. The number of pyridine rings is 1. The van der Waals surface area contributed by atoms with E-state index in [1.54, 1.807) is 12.1 Å². The summed E-state index contributed by atoms with van der Waals surface area (Å²) >= 11 is 1.46. The Morgan fingerprint density at radius 1 is 1.21 bits per heavy atom.